The van der Waals surface area contributed by atoms with E-state index in [1.54, 1.807) is 0 Å². The van der Waals surface area contributed by atoms with Gasteiger partial charge in [0.1, 0.15) is 6.04 Å². The van der Waals surface area contributed by atoms with Crippen molar-refractivity contribution in [1.82, 2.24) is 5.32 Å². The number of benzene rings is 1. The molecule has 0 aliphatic carbocycles. The number of aryl methyl sites for hydroxylation is 1. The standard InChI is InChI=1S/C14H19NO4/c1-2-3-10-4-6-11(7-5-10)9-15-12(14(18)19)8-13(16)17/h4-7,12,15H,2-3,8-9H2,1H3,(H,16,17)(H,18,19). The maximum absolute atomic E-state index is 10.9. The van der Waals surface area contributed by atoms with E-state index in [0.29, 0.717) is 6.54 Å². The van der Waals surface area contributed by atoms with Crippen LogP contribution in [0.1, 0.15) is 30.9 Å². The molecule has 104 valence electrons. The molecular weight excluding hydrogens is 246 g/mol. The van der Waals surface area contributed by atoms with Crippen molar-refractivity contribution < 1.29 is 19.8 Å². The maximum Gasteiger partial charge on any atom is 0.321 e. The number of hydrogen-bond acceptors (Lipinski definition) is 3. The molecule has 1 aromatic rings. The monoisotopic (exact) mass is 265 g/mol. The van der Waals surface area contributed by atoms with Gasteiger partial charge in [-0.15, -0.1) is 0 Å². The van der Waals surface area contributed by atoms with E-state index in [1.807, 2.05) is 24.3 Å². The number of carboxylic acids is 2. The highest BCUT2D eigenvalue weighted by Crippen LogP contribution is 2.07. The highest BCUT2D eigenvalue weighted by molar-refractivity contribution is 5.80. The van der Waals surface area contributed by atoms with E-state index in [2.05, 4.69) is 12.2 Å². The number of carbonyl (C=O) groups is 2. The van der Waals surface area contributed by atoms with E-state index in [0.717, 1.165) is 18.4 Å². The fourth-order valence-corrected chi connectivity index (χ4v) is 1.77. The molecule has 0 saturated heterocycles. The van der Waals surface area contributed by atoms with Crippen LogP contribution in [-0.4, -0.2) is 28.2 Å². The summed E-state index contributed by atoms with van der Waals surface area (Å²) in [7, 11) is 0. The molecule has 1 aromatic carbocycles. The smallest absolute Gasteiger partial charge is 0.321 e. The SMILES string of the molecule is CCCc1ccc(CNC(CC(=O)O)C(=O)O)cc1. The lowest BCUT2D eigenvalue weighted by molar-refractivity contribution is -0.146. The number of carboxylic acid groups (broad SMARTS) is 2. The maximum atomic E-state index is 10.9. The van der Waals surface area contributed by atoms with Gasteiger partial charge in [0, 0.05) is 6.54 Å². The second-order valence-corrected chi connectivity index (χ2v) is 4.44. The Morgan fingerprint density at radius 2 is 1.74 bits per heavy atom. The normalized spacial score (nSPS) is 12.1. The Hall–Kier alpha value is -1.88. The Morgan fingerprint density at radius 1 is 1.16 bits per heavy atom. The first kappa shape index (κ1) is 15.2. The topological polar surface area (TPSA) is 86.6 Å². The molecule has 1 unspecified atom stereocenters. The number of hydrogen-bond donors (Lipinski definition) is 3. The third-order valence-corrected chi connectivity index (χ3v) is 2.79. The molecule has 0 radical (unpaired) electrons. The lowest BCUT2D eigenvalue weighted by Crippen LogP contribution is -2.38. The lowest BCUT2D eigenvalue weighted by Gasteiger charge is -2.12. The van der Waals surface area contributed by atoms with Gasteiger partial charge in [-0.2, -0.15) is 0 Å². The number of rotatable bonds is 8. The average Bonchev–Trinajstić information content (AvgIpc) is 2.36. The number of aliphatic carboxylic acids is 2. The molecule has 0 aliphatic rings. The van der Waals surface area contributed by atoms with E-state index in [-0.39, 0.29) is 0 Å². The van der Waals surface area contributed by atoms with Crippen LogP contribution in [0.4, 0.5) is 0 Å². The van der Waals surface area contributed by atoms with Crippen LogP contribution < -0.4 is 5.32 Å². The minimum Gasteiger partial charge on any atom is -0.481 e. The van der Waals surface area contributed by atoms with Gasteiger partial charge in [0.25, 0.3) is 0 Å². The summed E-state index contributed by atoms with van der Waals surface area (Å²) in [5.41, 5.74) is 2.18. The van der Waals surface area contributed by atoms with E-state index in [1.165, 1.54) is 5.56 Å². The van der Waals surface area contributed by atoms with Gasteiger partial charge in [-0.3, -0.25) is 14.9 Å². The fourth-order valence-electron chi connectivity index (χ4n) is 1.77. The van der Waals surface area contributed by atoms with Gasteiger partial charge in [-0.1, -0.05) is 37.6 Å². The first-order valence-corrected chi connectivity index (χ1v) is 6.28. The minimum atomic E-state index is -1.15. The predicted molar refractivity (Wildman–Crippen MR) is 71.0 cm³/mol. The van der Waals surface area contributed by atoms with Crippen LogP contribution in [0.5, 0.6) is 0 Å². The average molecular weight is 265 g/mol. The molecule has 0 heterocycles. The summed E-state index contributed by atoms with van der Waals surface area (Å²) in [6, 6.07) is 6.81. The first-order valence-electron chi connectivity index (χ1n) is 6.28. The van der Waals surface area contributed by atoms with Crippen molar-refractivity contribution in [2.24, 2.45) is 0 Å². The summed E-state index contributed by atoms with van der Waals surface area (Å²) in [6.07, 6.45) is 1.67. The van der Waals surface area contributed by atoms with Crippen LogP contribution in [0.15, 0.2) is 24.3 Å². The Labute approximate surface area is 112 Å². The van der Waals surface area contributed by atoms with Crippen molar-refractivity contribution in [3.05, 3.63) is 35.4 Å². The molecule has 0 amide bonds. The minimum absolute atomic E-state index is 0.344. The highest BCUT2D eigenvalue weighted by atomic mass is 16.4. The van der Waals surface area contributed by atoms with Crippen LogP contribution in [0.3, 0.4) is 0 Å². The summed E-state index contributed by atoms with van der Waals surface area (Å²) < 4.78 is 0. The van der Waals surface area contributed by atoms with E-state index in [9.17, 15) is 9.59 Å². The van der Waals surface area contributed by atoms with Gasteiger partial charge in [0.05, 0.1) is 6.42 Å². The van der Waals surface area contributed by atoms with Gasteiger partial charge in [-0.05, 0) is 17.5 Å². The molecule has 0 fully saturated rings. The molecule has 0 bridgehead atoms. The quantitative estimate of drug-likeness (QED) is 0.665. The molecule has 0 spiro atoms. The molecule has 19 heavy (non-hydrogen) atoms. The summed E-state index contributed by atoms with van der Waals surface area (Å²) in [5.74, 6) is -2.27. The van der Waals surface area contributed by atoms with Crippen molar-refractivity contribution in [2.75, 3.05) is 0 Å². The third kappa shape index (κ3) is 5.52. The molecule has 0 aromatic heterocycles. The van der Waals surface area contributed by atoms with E-state index >= 15 is 0 Å². The second-order valence-electron chi connectivity index (χ2n) is 4.44. The molecule has 1 rings (SSSR count). The largest absolute Gasteiger partial charge is 0.481 e. The van der Waals surface area contributed by atoms with Gasteiger partial charge in [-0.25, -0.2) is 0 Å². The zero-order valence-corrected chi connectivity index (χ0v) is 10.9. The van der Waals surface area contributed by atoms with Crippen molar-refractivity contribution in [3.63, 3.8) is 0 Å². The van der Waals surface area contributed by atoms with Crippen molar-refractivity contribution in [1.29, 1.82) is 0 Å². The Kier molecular flexibility index (Phi) is 6.02. The molecule has 1 atom stereocenters. The van der Waals surface area contributed by atoms with Gasteiger partial charge < -0.3 is 10.2 Å². The Balaban J connectivity index is 2.54. The van der Waals surface area contributed by atoms with Crippen LogP contribution >= 0.6 is 0 Å². The Morgan fingerprint density at radius 3 is 2.21 bits per heavy atom. The highest BCUT2D eigenvalue weighted by Gasteiger charge is 2.19. The van der Waals surface area contributed by atoms with Crippen molar-refractivity contribution >= 4 is 11.9 Å². The molecule has 0 saturated carbocycles. The van der Waals surface area contributed by atoms with Gasteiger partial charge in [0.2, 0.25) is 0 Å². The van der Waals surface area contributed by atoms with Gasteiger partial charge >= 0.3 is 11.9 Å². The molecule has 5 nitrogen and oxygen atoms in total. The summed E-state index contributed by atoms with van der Waals surface area (Å²) in [5, 5.41) is 20.2. The molecule has 5 heteroatoms. The second kappa shape index (κ2) is 7.53. The van der Waals surface area contributed by atoms with Gasteiger partial charge in [0.15, 0.2) is 0 Å². The summed E-state index contributed by atoms with van der Waals surface area (Å²) in [6.45, 7) is 2.45. The third-order valence-electron chi connectivity index (χ3n) is 2.79. The van der Waals surface area contributed by atoms with Crippen LogP contribution in [0.2, 0.25) is 0 Å². The Bertz CT molecular complexity index is 428. The zero-order valence-electron chi connectivity index (χ0n) is 10.9. The fraction of sp³-hybridized carbons (Fsp3) is 0.429. The predicted octanol–water partition coefficient (Wildman–Crippen LogP) is 1.66. The zero-order chi connectivity index (χ0) is 14.3. The molecule has 3 N–H and O–H groups in total. The van der Waals surface area contributed by atoms with Crippen molar-refractivity contribution in [3.8, 4) is 0 Å². The number of nitrogens with one attached hydrogen (secondary N) is 1. The summed E-state index contributed by atoms with van der Waals surface area (Å²) in [4.78, 5) is 21.4. The van der Waals surface area contributed by atoms with Crippen LogP contribution in [0.25, 0.3) is 0 Å². The van der Waals surface area contributed by atoms with Crippen LogP contribution in [0, 0.1) is 0 Å². The van der Waals surface area contributed by atoms with E-state index < -0.39 is 24.4 Å². The molecule has 0 aliphatic heterocycles. The lowest BCUT2D eigenvalue weighted by atomic mass is 10.1. The summed E-state index contributed by atoms with van der Waals surface area (Å²) >= 11 is 0. The first-order chi connectivity index (χ1) is 9.02. The van der Waals surface area contributed by atoms with Crippen LogP contribution in [-0.2, 0) is 22.6 Å². The van der Waals surface area contributed by atoms with Crippen molar-refractivity contribution in [2.45, 2.75) is 38.8 Å². The van der Waals surface area contributed by atoms with E-state index in [4.69, 9.17) is 10.2 Å². The molecular formula is C14H19NO4.